The molecule has 4 N–H and O–H groups in total. The smallest absolute Gasteiger partial charge is 0.253 e. The number of nitrogens with two attached hydrogens (primary N) is 2. The van der Waals surface area contributed by atoms with Gasteiger partial charge in [-0.3, -0.25) is 4.79 Å². The van der Waals surface area contributed by atoms with Crippen molar-refractivity contribution in [2.45, 2.75) is 0 Å². The Morgan fingerprint density at radius 2 is 1.89 bits per heavy atom. The molecule has 0 aromatic heterocycles. The minimum atomic E-state index is -0.554. The minimum Gasteiger partial charge on any atom is -0.456 e. The predicted molar refractivity (Wildman–Crippen MR) is 73.6 cm³/mol. The normalized spacial score (nSPS) is 10.1. The maximum Gasteiger partial charge on any atom is 0.253 e. The number of halogens is 1. The van der Waals surface area contributed by atoms with Crippen LogP contribution < -0.4 is 16.2 Å². The molecule has 0 bridgehead atoms. The summed E-state index contributed by atoms with van der Waals surface area (Å²) in [5, 5.41) is 0. The van der Waals surface area contributed by atoms with Gasteiger partial charge in [-0.25, -0.2) is 0 Å². The van der Waals surface area contributed by atoms with Gasteiger partial charge in [0.2, 0.25) is 0 Å². The number of carbonyl (C=O) groups is 1. The fraction of sp³-hybridized carbons (Fsp3) is 0. The molecule has 0 aliphatic rings. The van der Waals surface area contributed by atoms with Crippen LogP contribution in [0.15, 0.2) is 46.9 Å². The van der Waals surface area contributed by atoms with Gasteiger partial charge in [0.05, 0.1) is 5.56 Å². The predicted octanol–water partition coefficient (Wildman–Crippen LogP) is 2.92. The largest absolute Gasteiger partial charge is 0.456 e. The maximum atomic E-state index is 11.4. The highest BCUT2D eigenvalue weighted by atomic mass is 79.9. The second-order valence-electron chi connectivity index (χ2n) is 3.65. The van der Waals surface area contributed by atoms with Crippen LogP contribution in [0.1, 0.15) is 10.4 Å². The molecule has 0 atom stereocenters. The summed E-state index contributed by atoms with van der Waals surface area (Å²) in [7, 11) is 0. The van der Waals surface area contributed by atoms with Crippen LogP contribution in [0.5, 0.6) is 11.5 Å². The molecule has 4 nitrogen and oxygen atoms in total. The zero-order valence-electron chi connectivity index (χ0n) is 9.39. The van der Waals surface area contributed by atoms with Gasteiger partial charge in [0.1, 0.15) is 11.5 Å². The van der Waals surface area contributed by atoms with Gasteiger partial charge in [0, 0.05) is 16.2 Å². The maximum absolute atomic E-state index is 11.4. The first-order valence-corrected chi connectivity index (χ1v) is 5.99. The molecule has 0 saturated heterocycles. The number of benzene rings is 2. The van der Waals surface area contributed by atoms with E-state index in [4.69, 9.17) is 16.2 Å². The molecule has 2 rings (SSSR count). The number of primary amides is 1. The third-order valence-electron chi connectivity index (χ3n) is 2.31. The van der Waals surface area contributed by atoms with Gasteiger partial charge in [-0.05, 0) is 40.2 Å². The molecule has 5 heteroatoms. The average Bonchev–Trinajstić information content (AvgIpc) is 2.28. The van der Waals surface area contributed by atoms with Crippen molar-refractivity contribution in [3.63, 3.8) is 0 Å². The van der Waals surface area contributed by atoms with Crippen LogP contribution in [0, 0.1) is 0 Å². The minimum absolute atomic E-state index is 0.305. The van der Waals surface area contributed by atoms with Crippen molar-refractivity contribution in [2.24, 2.45) is 5.73 Å². The molecule has 18 heavy (non-hydrogen) atoms. The van der Waals surface area contributed by atoms with Gasteiger partial charge in [-0.15, -0.1) is 0 Å². The lowest BCUT2D eigenvalue weighted by atomic mass is 10.2. The Bertz CT molecular complexity index is 599. The van der Waals surface area contributed by atoms with E-state index in [0.717, 1.165) is 0 Å². The molecule has 2 aromatic carbocycles. The lowest BCUT2D eigenvalue weighted by Gasteiger charge is -2.10. The van der Waals surface area contributed by atoms with Crippen LogP contribution in [-0.2, 0) is 0 Å². The SMILES string of the molecule is NC(=O)c1c(Br)cccc1Oc1cccc(N)c1. The van der Waals surface area contributed by atoms with Crippen LogP contribution >= 0.6 is 15.9 Å². The molecule has 0 heterocycles. The fourth-order valence-corrected chi connectivity index (χ4v) is 2.08. The van der Waals surface area contributed by atoms with E-state index in [1.807, 2.05) is 0 Å². The lowest BCUT2D eigenvalue weighted by Crippen LogP contribution is -2.13. The summed E-state index contributed by atoms with van der Waals surface area (Å²) < 4.78 is 6.22. The first-order valence-electron chi connectivity index (χ1n) is 5.19. The Kier molecular flexibility index (Phi) is 3.53. The van der Waals surface area contributed by atoms with Gasteiger partial charge in [0.15, 0.2) is 0 Å². The monoisotopic (exact) mass is 306 g/mol. The van der Waals surface area contributed by atoms with E-state index in [0.29, 0.717) is 27.2 Å². The van der Waals surface area contributed by atoms with E-state index in [1.54, 1.807) is 42.5 Å². The Hall–Kier alpha value is -2.01. The van der Waals surface area contributed by atoms with Crippen molar-refractivity contribution in [3.05, 3.63) is 52.5 Å². The fourth-order valence-electron chi connectivity index (χ4n) is 1.53. The standard InChI is InChI=1S/C13H11BrN2O2/c14-10-5-2-6-11(12(10)13(16)17)18-9-4-1-3-8(15)7-9/h1-7H,15H2,(H2,16,17). The molecule has 0 radical (unpaired) electrons. The summed E-state index contributed by atoms with van der Waals surface area (Å²) in [6, 6.07) is 12.1. The summed E-state index contributed by atoms with van der Waals surface area (Å²) in [4.78, 5) is 11.4. The Labute approximate surface area is 113 Å². The van der Waals surface area contributed by atoms with Crippen molar-refractivity contribution in [1.29, 1.82) is 0 Å². The number of carbonyl (C=O) groups excluding carboxylic acids is 1. The molecule has 0 aliphatic carbocycles. The molecule has 0 spiro atoms. The number of hydrogen-bond acceptors (Lipinski definition) is 3. The first-order chi connectivity index (χ1) is 8.58. The summed E-state index contributed by atoms with van der Waals surface area (Å²) in [6.45, 7) is 0. The van der Waals surface area contributed by atoms with Gasteiger partial charge in [-0.1, -0.05) is 12.1 Å². The highest BCUT2D eigenvalue weighted by molar-refractivity contribution is 9.10. The Morgan fingerprint density at radius 1 is 1.17 bits per heavy atom. The Balaban J connectivity index is 2.40. The first kappa shape index (κ1) is 12.4. The van der Waals surface area contributed by atoms with Gasteiger partial charge in [0.25, 0.3) is 5.91 Å². The lowest BCUT2D eigenvalue weighted by molar-refractivity contribution is 0.0997. The molecule has 92 valence electrons. The van der Waals surface area contributed by atoms with Crippen molar-refractivity contribution in [1.82, 2.24) is 0 Å². The molecular formula is C13H11BrN2O2. The number of amides is 1. The second-order valence-corrected chi connectivity index (χ2v) is 4.51. The molecular weight excluding hydrogens is 296 g/mol. The van der Waals surface area contributed by atoms with E-state index in [1.165, 1.54) is 0 Å². The molecule has 0 aliphatic heterocycles. The molecule has 0 unspecified atom stereocenters. The van der Waals surface area contributed by atoms with E-state index in [-0.39, 0.29) is 0 Å². The van der Waals surface area contributed by atoms with Gasteiger partial charge < -0.3 is 16.2 Å². The van der Waals surface area contributed by atoms with Crippen molar-refractivity contribution in [3.8, 4) is 11.5 Å². The Morgan fingerprint density at radius 3 is 2.56 bits per heavy atom. The van der Waals surface area contributed by atoms with E-state index in [9.17, 15) is 4.79 Å². The van der Waals surface area contributed by atoms with Crippen molar-refractivity contribution in [2.75, 3.05) is 5.73 Å². The zero-order valence-corrected chi connectivity index (χ0v) is 11.0. The number of hydrogen-bond donors (Lipinski definition) is 2. The molecule has 0 fully saturated rings. The third-order valence-corrected chi connectivity index (χ3v) is 2.97. The average molecular weight is 307 g/mol. The number of nitrogen functional groups attached to an aromatic ring is 1. The van der Waals surface area contributed by atoms with Gasteiger partial charge in [-0.2, -0.15) is 0 Å². The van der Waals surface area contributed by atoms with E-state index in [2.05, 4.69) is 15.9 Å². The molecule has 1 amide bonds. The second kappa shape index (κ2) is 5.10. The van der Waals surface area contributed by atoms with Gasteiger partial charge >= 0.3 is 0 Å². The highest BCUT2D eigenvalue weighted by Gasteiger charge is 2.13. The molecule has 2 aromatic rings. The number of ether oxygens (including phenoxy) is 1. The van der Waals surface area contributed by atoms with E-state index >= 15 is 0 Å². The summed E-state index contributed by atoms with van der Waals surface area (Å²) in [5.74, 6) is 0.388. The van der Waals surface area contributed by atoms with Crippen LogP contribution in [0.2, 0.25) is 0 Å². The third kappa shape index (κ3) is 2.62. The van der Waals surface area contributed by atoms with Crippen LogP contribution in [0.3, 0.4) is 0 Å². The summed E-state index contributed by atoms with van der Waals surface area (Å²) in [5.41, 5.74) is 11.9. The highest BCUT2D eigenvalue weighted by Crippen LogP contribution is 2.30. The van der Waals surface area contributed by atoms with Crippen LogP contribution in [-0.4, -0.2) is 5.91 Å². The van der Waals surface area contributed by atoms with Crippen LogP contribution in [0.4, 0.5) is 5.69 Å². The van der Waals surface area contributed by atoms with Crippen LogP contribution in [0.25, 0.3) is 0 Å². The number of rotatable bonds is 3. The van der Waals surface area contributed by atoms with Crippen molar-refractivity contribution >= 4 is 27.5 Å². The number of anilines is 1. The van der Waals surface area contributed by atoms with E-state index < -0.39 is 5.91 Å². The summed E-state index contributed by atoms with van der Waals surface area (Å²) in [6.07, 6.45) is 0. The topological polar surface area (TPSA) is 78.3 Å². The summed E-state index contributed by atoms with van der Waals surface area (Å²) >= 11 is 3.27. The van der Waals surface area contributed by atoms with Crippen molar-refractivity contribution < 1.29 is 9.53 Å². The zero-order chi connectivity index (χ0) is 13.1. The molecule has 0 saturated carbocycles. The quantitative estimate of drug-likeness (QED) is 0.856.